The highest BCUT2D eigenvalue weighted by atomic mass is 32.1. The fourth-order valence-electron chi connectivity index (χ4n) is 2.42. The molecule has 2 N–H and O–H groups in total. The third-order valence-corrected chi connectivity index (χ3v) is 4.32. The summed E-state index contributed by atoms with van der Waals surface area (Å²) in [4.78, 5) is 10.0. The molecule has 1 aliphatic heterocycles. The van der Waals surface area contributed by atoms with Crippen LogP contribution in [-0.2, 0) is 0 Å². The third-order valence-electron chi connectivity index (χ3n) is 3.41. The van der Waals surface area contributed by atoms with Gasteiger partial charge in [0.15, 0.2) is 16.6 Å². The number of nitrogens with two attached hydrogens (primary N) is 1. The van der Waals surface area contributed by atoms with Gasteiger partial charge in [0, 0.05) is 11.3 Å². The highest BCUT2D eigenvalue weighted by molar-refractivity contribution is 7.19. The van der Waals surface area contributed by atoms with Crippen LogP contribution >= 0.6 is 11.3 Å². The molecule has 0 saturated carbocycles. The van der Waals surface area contributed by atoms with Crippen LogP contribution in [0.1, 0.15) is 5.69 Å². The van der Waals surface area contributed by atoms with Crippen molar-refractivity contribution >= 4 is 16.5 Å². The predicted octanol–water partition coefficient (Wildman–Crippen LogP) is 3.49. The summed E-state index contributed by atoms with van der Waals surface area (Å²) >= 11 is 1.44. The van der Waals surface area contributed by atoms with Crippen molar-refractivity contribution in [1.82, 2.24) is 9.97 Å². The second-order valence-electron chi connectivity index (χ2n) is 4.96. The maximum absolute atomic E-state index is 5.93. The largest absolute Gasteiger partial charge is 0.454 e. The number of hydrogen-bond acceptors (Lipinski definition) is 6. The van der Waals surface area contributed by atoms with Crippen LogP contribution in [0.5, 0.6) is 11.5 Å². The van der Waals surface area contributed by atoms with E-state index in [1.165, 1.54) is 11.3 Å². The average Bonchev–Trinajstić information content (AvgIpc) is 3.12. The van der Waals surface area contributed by atoms with Crippen LogP contribution in [0.3, 0.4) is 0 Å². The van der Waals surface area contributed by atoms with Crippen molar-refractivity contribution in [2.75, 3.05) is 12.5 Å². The van der Waals surface area contributed by atoms with Gasteiger partial charge in [0.05, 0.1) is 16.3 Å². The Bertz CT molecular complexity index is 860. The zero-order chi connectivity index (χ0) is 15.1. The molecule has 110 valence electrons. The number of benzene rings is 1. The van der Waals surface area contributed by atoms with E-state index in [0.29, 0.717) is 5.13 Å². The van der Waals surface area contributed by atoms with Crippen molar-refractivity contribution in [1.29, 1.82) is 0 Å². The Balaban J connectivity index is 1.86. The first-order valence-electron chi connectivity index (χ1n) is 6.81. The van der Waals surface area contributed by atoms with Crippen molar-refractivity contribution in [2.45, 2.75) is 6.92 Å². The minimum atomic E-state index is 0.254. The van der Waals surface area contributed by atoms with E-state index in [0.717, 1.165) is 39.0 Å². The van der Waals surface area contributed by atoms with E-state index < -0.39 is 0 Å². The highest BCUT2D eigenvalue weighted by Gasteiger charge is 2.19. The molecule has 6 heteroatoms. The summed E-state index contributed by atoms with van der Waals surface area (Å²) in [7, 11) is 0. The number of nitrogen functional groups attached to an aromatic ring is 1. The van der Waals surface area contributed by atoms with E-state index in [4.69, 9.17) is 15.2 Å². The lowest BCUT2D eigenvalue weighted by Gasteiger charge is -2.04. The van der Waals surface area contributed by atoms with Crippen LogP contribution in [-0.4, -0.2) is 16.8 Å². The summed E-state index contributed by atoms with van der Waals surface area (Å²) in [5.74, 6) is 1.48. The zero-order valence-electron chi connectivity index (χ0n) is 11.9. The van der Waals surface area contributed by atoms with E-state index in [2.05, 4.69) is 9.97 Å². The van der Waals surface area contributed by atoms with Crippen LogP contribution in [0.25, 0.3) is 21.8 Å². The molecular weight excluding hydrogens is 298 g/mol. The maximum Gasteiger partial charge on any atom is 0.231 e. The summed E-state index contributed by atoms with van der Waals surface area (Å²) in [6.45, 7) is 2.22. The number of thiazole rings is 1. The molecule has 1 aliphatic rings. The Morgan fingerprint density at radius 1 is 1.09 bits per heavy atom. The molecule has 4 rings (SSSR count). The lowest BCUT2D eigenvalue weighted by Crippen LogP contribution is -1.92. The van der Waals surface area contributed by atoms with Gasteiger partial charge in [-0.3, -0.25) is 4.98 Å². The smallest absolute Gasteiger partial charge is 0.231 e. The molecule has 3 heterocycles. The maximum atomic E-state index is 5.93. The molecule has 22 heavy (non-hydrogen) atoms. The molecule has 1 aromatic carbocycles. The number of anilines is 1. The molecule has 0 radical (unpaired) electrons. The highest BCUT2D eigenvalue weighted by Crippen LogP contribution is 2.41. The van der Waals surface area contributed by atoms with Crippen molar-refractivity contribution < 1.29 is 9.47 Å². The number of rotatable bonds is 2. The Labute approximate surface area is 131 Å². The van der Waals surface area contributed by atoms with Gasteiger partial charge in [-0.15, -0.1) is 0 Å². The van der Waals surface area contributed by atoms with Gasteiger partial charge in [0.2, 0.25) is 6.79 Å². The summed E-state index contributed by atoms with van der Waals surface area (Å²) in [5.41, 5.74) is 9.52. The molecular formula is C16H13N3O2S. The van der Waals surface area contributed by atoms with E-state index in [9.17, 15) is 0 Å². The zero-order valence-corrected chi connectivity index (χ0v) is 12.7. The normalized spacial score (nSPS) is 12.6. The van der Waals surface area contributed by atoms with Gasteiger partial charge in [-0.1, -0.05) is 17.4 Å². The summed E-state index contributed by atoms with van der Waals surface area (Å²) in [5, 5.41) is 0.519. The molecule has 2 aromatic heterocycles. The van der Waals surface area contributed by atoms with Gasteiger partial charge in [0.1, 0.15) is 0 Å². The first kappa shape index (κ1) is 13.1. The Morgan fingerprint density at radius 2 is 1.95 bits per heavy atom. The average molecular weight is 311 g/mol. The molecule has 0 aliphatic carbocycles. The number of nitrogens with zero attached hydrogens (tertiary/aromatic N) is 2. The quantitative estimate of drug-likeness (QED) is 0.784. The van der Waals surface area contributed by atoms with Crippen LogP contribution in [0.15, 0.2) is 36.4 Å². The fraction of sp³-hybridized carbons (Fsp3) is 0.125. The van der Waals surface area contributed by atoms with Gasteiger partial charge >= 0.3 is 0 Å². The van der Waals surface area contributed by atoms with Gasteiger partial charge in [0.25, 0.3) is 0 Å². The minimum absolute atomic E-state index is 0.254. The molecule has 0 unspecified atom stereocenters. The van der Waals surface area contributed by atoms with E-state index >= 15 is 0 Å². The second-order valence-corrected chi connectivity index (χ2v) is 5.99. The van der Waals surface area contributed by atoms with Crippen LogP contribution in [0, 0.1) is 6.92 Å². The fourth-order valence-corrected chi connectivity index (χ4v) is 3.24. The summed E-state index contributed by atoms with van der Waals surface area (Å²) in [6.07, 6.45) is 0. The molecule has 0 spiro atoms. The van der Waals surface area contributed by atoms with Crippen molar-refractivity contribution in [3.05, 3.63) is 42.1 Å². The standard InChI is InChI=1S/C16H13N3O2S/c1-9-3-2-4-11(18-9)15-14(19-16(17)22-15)10-5-6-12-13(7-10)21-8-20-12/h2-7H,8H2,1H3,(H2,17,19). The van der Waals surface area contributed by atoms with E-state index in [1.54, 1.807) is 0 Å². The molecule has 0 amide bonds. The van der Waals surface area contributed by atoms with Gasteiger partial charge < -0.3 is 15.2 Å². The Kier molecular flexibility index (Phi) is 2.97. The number of hydrogen-bond donors (Lipinski definition) is 1. The van der Waals surface area contributed by atoms with E-state index in [1.807, 2.05) is 43.3 Å². The van der Waals surface area contributed by atoms with Crippen LogP contribution in [0.2, 0.25) is 0 Å². The molecule has 0 bridgehead atoms. The number of pyridine rings is 1. The molecule has 0 fully saturated rings. The molecule has 5 nitrogen and oxygen atoms in total. The van der Waals surface area contributed by atoms with Gasteiger partial charge in [-0.25, -0.2) is 4.98 Å². The van der Waals surface area contributed by atoms with Gasteiger partial charge in [-0.05, 0) is 37.3 Å². The number of fused-ring (bicyclic) bond motifs is 1. The summed E-state index contributed by atoms with van der Waals surface area (Å²) < 4.78 is 10.8. The molecule has 3 aromatic rings. The van der Waals surface area contributed by atoms with Gasteiger partial charge in [-0.2, -0.15) is 0 Å². The lowest BCUT2D eigenvalue weighted by atomic mass is 10.1. The number of aryl methyl sites for hydroxylation is 1. The van der Waals surface area contributed by atoms with Crippen molar-refractivity contribution in [3.63, 3.8) is 0 Å². The number of aromatic nitrogens is 2. The van der Waals surface area contributed by atoms with E-state index in [-0.39, 0.29) is 6.79 Å². The predicted molar refractivity (Wildman–Crippen MR) is 86.1 cm³/mol. The molecule has 0 saturated heterocycles. The SMILES string of the molecule is Cc1cccc(-c2sc(N)nc2-c2ccc3c(c2)OCO3)n1. The van der Waals surface area contributed by atoms with Crippen LogP contribution in [0.4, 0.5) is 5.13 Å². The third kappa shape index (κ3) is 2.17. The minimum Gasteiger partial charge on any atom is -0.454 e. The second kappa shape index (κ2) is 4.99. The van der Waals surface area contributed by atoms with Crippen molar-refractivity contribution in [3.8, 4) is 33.3 Å². The van der Waals surface area contributed by atoms with Crippen LogP contribution < -0.4 is 15.2 Å². The topological polar surface area (TPSA) is 70.3 Å². The summed E-state index contributed by atoms with van der Waals surface area (Å²) in [6, 6.07) is 11.7. The first-order chi connectivity index (χ1) is 10.7. The number of ether oxygens (including phenoxy) is 2. The first-order valence-corrected chi connectivity index (χ1v) is 7.63. The van der Waals surface area contributed by atoms with Crippen molar-refractivity contribution in [2.24, 2.45) is 0 Å². The molecule has 0 atom stereocenters. The lowest BCUT2D eigenvalue weighted by molar-refractivity contribution is 0.174. The monoisotopic (exact) mass is 311 g/mol. The Morgan fingerprint density at radius 3 is 2.82 bits per heavy atom. The Hall–Kier alpha value is -2.60.